The molecule has 1 saturated heterocycles. The number of carbonyl (C=O) groups is 1. The molecule has 1 heterocycles. The maximum Gasteiger partial charge on any atom is 0.416 e. The summed E-state index contributed by atoms with van der Waals surface area (Å²) in [5.41, 5.74) is -0.00375. The summed E-state index contributed by atoms with van der Waals surface area (Å²) in [7, 11) is -4.10. The largest absolute Gasteiger partial charge is 0.416 e. The highest BCUT2D eigenvalue weighted by atomic mass is 35.5. The van der Waals surface area contributed by atoms with Crippen LogP contribution in [-0.2, 0) is 16.2 Å². The Labute approximate surface area is 205 Å². The van der Waals surface area contributed by atoms with E-state index in [0.717, 1.165) is 37.1 Å². The second-order valence-electron chi connectivity index (χ2n) is 7.99. The summed E-state index contributed by atoms with van der Waals surface area (Å²) in [5, 5.41) is 2.79. The van der Waals surface area contributed by atoms with Crippen molar-refractivity contribution in [2.24, 2.45) is 0 Å². The second-order valence-corrected chi connectivity index (χ2v) is 10.0. The topological polar surface area (TPSA) is 78.5 Å². The van der Waals surface area contributed by atoms with Gasteiger partial charge in [-0.05, 0) is 67.4 Å². The van der Waals surface area contributed by atoms with Gasteiger partial charge in [0.25, 0.3) is 15.9 Å². The maximum absolute atomic E-state index is 13.4. The zero-order valence-corrected chi connectivity index (χ0v) is 19.8. The summed E-state index contributed by atoms with van der Waals surface area (Å²) >= 11 is 6.13. The summed E-state index contributed by atoms with van der Waals surface area (Å²) in [6, 6.07) is 14.7. The molecule has 6 nitrogen and oxygen atoms in total. The van der Waals surface area contributed by atoms with Crippen LogP contribution < -0.4 is 14.9 Å². The van der Waals surface area contributed by atoms with E-state index in [0.29, 0.717) is 18.8 Å². The molecule has 2 N–H and O–H groups in total. The molecule has 0 aliphatic carbocycles. The molecule has 1 aliphatic heterocycles. The number of benzene rings is 3. The summed E-state index contributed by atoms with van der Waals surface area (Å²) in [4.78, 5) is 14.5. The van der Waals surface area contributed by atoms with E-state index in [4.69, 9.17) is 11.6 Å². The molecule has 0 unspecified atom stereocenters. The minimum atomic E-state index is -4.52. The Balaban J connectivity index is 1.65. The predicted molar refractivity (Wildman–Crippen MR) is 130 cm³/mol. The van der Waals surface area contributed by atoms with Crippen LogP contribution in [0.4, 0.5) is 30.2 Å². The van der Waals surface area contributed by atoms with Crippen LogP contribution >= 0.6 is 11.6 Å². The minimum Gasteiger partial charge on any atom is -0.370 e. The summed E-state index contributed by atoms with van der Waals surface area (Å²) in [6.07, 6.45) is -2.67. The lowest BCUT2D eigenvalue weighted by molar-refractivity contribution is -0.137. The fourth-order valence-corrected chi connectivity index (χ4v) is 5.36. The van der Waals surface area contributed by atoms with Gasteiger partial charge in [-0.3, -0.25) is 9.52 Å². The highest BCUT2D eigenvalue weighted by Gasteiger charge is 2.30. The first-order valence-corrected chi connectivity index (χ1v) is 12.6. The Hall–Kier alpha value is -3.24. The van der Waals surface area contributed by atoms with Gasteiger partial charge < -0.3 is 10.2 Å². The first kappa shape index (κ1) is 24.9. The number of halogens is 4. The average Bonchev–Trinajstić information content (AvgIpc) is 3.35. The SMILES string of the molecule is O=C(Nc1ccc(N2CCCC2)c(S(=O)(=O)Nc2ccccc2Cl)c1)c1ccc(C(F)(F)F)cc1. The van der Waals surface area contributed by atoms with E-state index in [1.54, 1.807) is 30.3 Å². The minimum absolute atomic E-state index is 0.000203. The van der Waals surface area contributed by atoms with Gasteiger partial charge >= 0.3 is 6.18 Å². The molecule has 11 heteroatoms. The zero-order valence-electron chi connectivity index (χ0n) is 18.3. The van der Waals surface area contributed by atoms with E-state index < -0.39 is 27.7 Å². The van der Waals surface area contributed by atoms with Crippen LogP contribution in [-0.4, -0.2) is 27.4 Å². The highest BCUT2D eigenvalue weighted by Crippen LogP contribution is 2.34. The van der Waals surface area contributed by atoms with Crippen molar-refractivity contribution in [3.63, 3.8) is 0 Å². The monoisotopic (exact) mass is 523 g/mol. The Morgan fingerprint density at radius 2 is 1.60 bits per heavy atom. The number of nitrogens with one attached hydrogen (secondary N) is 2. The van der Waals surface area contributed by atoms with E-state index >= 15 is 0 Å². The predicted octanol–water partition coefficient (Wildman–Crippen LogP) is 6.01. The maximum atomic E-state index is 13.4. The third-order valence-corrected chi connectivity index (χ3v) is 7.27. The van der Waals surface area contributed by atoms with Gasteiger partial charge in [0.15, 0.2) is 0 Å². The zero-order chi connectivity index (χ0) is 25.2. The number of amides is 1. The number of nitrogens with zero attached hydrogens (tertiary/aromatic N) is 1. The van der Waals surface area contributed by atoms with E-state index in [1.807, 2.05) is 4.90 Å². The number of hydrogen-bond acceptors (Lipinski definition) is 4. The molecule has 0 saturated carbocycles. The molecule has 0 atom stereocenters. The van der Waals surface area contributed by atoms with Gasteiger partial charge in [-0.25, -0.2) is 8.42 Å². The van der Waals surface area contributed by atoms with Crippen molar-refractivity contribution in [3.05, 3.63) is 82.9 Å². The van der Waals surface area contributed by atoms with E-state index in [9.17, 15) is 26.4 Å². The van der Waals surface area contributed by atoms with Gasteiger partial charge in [0.1, 0.15) is 4.90 Å². The van der Waals surface area contributed by atoms with Crippen molar-refractivity contribution in [1.29, 1.82) is 0 Å². The normalized spacial score (nSPS) is 14.1. The van der Waals surface area contributed by atoms with Gasteiger partial charge in [-0.2, -0.15) is 13.2 Å². The van der Waals surface area contributed by atoms with Crippen LogP contribution in [0, 0.1) is 0 Å². The molecule has 0 bridgehead atoms. The molecular formula is C24H21ClF3N3O3S. The van der Waals surface area contributed by atoms with E-state index in [2.05, 4.69) is 10.0 Å². The molecule has 3 aromatic carbocycles. The van der Waals surface area contributed by atoms with Gasteiger partial charge in [-0.15, -0.1) is 0 Å². The molecule has 0 aromatic heterocycles. The van der Waals surface area contributed by atoms with Crippen LogP contribution in [0.2, 0.25) is 5.02 Å². The highest BCUT2D eigenvalue weighted by molar-refractivity contribution is 7.93. The van der Waals surface area contributed by atoms with Gasteiger partial charge in [0, 0.05) is 24.3 Å². The van der Waals surface area contributed by atoms with Crippen LogP contribution in [0.1, 0.15) is 28.8 Å². The fourth-order valence-electron chi connectivity index (χ4n) is 3.78. The molecular weight excluding hydrogens is 503 g/mol. The molecule has 3 aromatic rings. The third-order valence-electron chi connectivity index (χ3n) is 5.55. The molecule has 1 aliphatic rings. The Kier molecular flexibility index (Phi) is 6.95. The summed E-state index contributed by atoms with van der Waals surface area (Å²) in [5.74, 6) is -0.671. The van der Waals surface area contributed by atoms with Gasteiger partial charge in [0.2, 0.25) is 0 Å². The van der Waals surface area contributed by atoms with Crippen molar-refractivity contribution in [3.8, 4) is 0 Å². The van der Waals surface area contributed by atoms with Crippen LogP contribution in [0.15, 0.2) is 71.6 Å². The lowest BCUT2D eigenvalue weighted by Gasteiger charge is -2.22. The number of alkyl halides is 3. The van der Waals surface area contributed by atoms with Crippen molar-refractivity contribution in [2.75, 3.05) is 28.0 Å². The summed E-state index contributed by atoms with van der Waals surface area (Å²) < 4.78 is 67.6. The number of sulfonamides is 1. The Morgan fingerprint density at radius 1 is 0.943 bits per heavy atom. The summed E-state index contributed by atoms with van der Waals surface area (Å²) in [6.45, 7) is 1.37. The van der Waals surface area contributed by atoms with E-state index in [-0.39, 0.29) is 26.9 Å². The molecule has 1 fully saturated rings. The molecule has 0 spiro atoms. The lowest BCUT2D eigenvalue weighted by atomic mass is 10.1. The number of anilines is 3. The smallest absolute Gasteiger partial charge is 0.370 e. The third kappa shape index (κ3) is 5.71. The first-order chi connectivity index (χ1) is 16.5. The Morgan fingerprint density at radius 3 is 2.23 bits per heavy atom. The van der Waals surface area contributed by atoms with Gasteiger partial charge in [-0.1, -0.05) is 23.7 Å². The van der Waals surface area contributed by atoms with Crippen molar-refractivity contribution in [1.82, 2.24) is 0 Å². The lowest BCUT2D eigenvalue weighted by Crippen LogP contribution is -2.23. The van der Waals surface area contributed by atoms with Crippen LogP contribution in [0.5, 0.6) is 0 Å². The van der Waals surface area contributed by atoms with E-state index in [1.165, 1.54) is 12.1 Å². The fraction of sp³-hybridized carbons (Fsp3) is 0.208. The number of carbonyl (C=O) groups excluding carboxylic acids is 1. The average molecular weight is 524 g/mol. The molecule has 0 radical (unpaired) electrons. The molecule has 4 rings (SSSR count). The number of hydrogen-bond donors (Lipinski definition) is 2. The molecule has 1 amide bonds. The van der Waals surface area contributed by atoms with Gasteiger partial charge in [0.05, 0.1) is 22.0 Å². The number of para-hydroxylation sites is 1. The first-order valence-electron chi connectivity index (χ1n) is 10.7. The van der Waals surface area contributed by atoms with Crippen molar-refractivity contribution < 1.29 is 26.4 Å². The number of rotatable bonds is 6. The van der Waals surface area contributed by atoms with Crippen molar-refractivity contribution in [2.45, 2.75) is 23.9 Å². The second kappa shape index (κ2) is 9.79. The molecule has 35 heavy (non-hydrogen) atoms. The molecule has 184 valence electrons. The van der Waals surface area contributed by atoms with Crippen LogP contribution in [0.3, 0.4) is 0 Å². The Bertz CT molecular complexity index is 1340. The quantitative estimate of drug-likeness (QED) is 0.414. The van der Waals surface area contributed by atoms with Crippen LogP contribution in [0.25, 0.3) is 0 Å². The van der Waals surface area contributed by atoms with Crippen molar-refractivity contribution >= 4 is 44.6 Å². The standard InChI is InChI=1S/C24H21ClF3N3O3S/c25-19-5-1-2-6-20(19)30-35(33,34)22-15-18(11-12-21(22)31-13-3-4-14-31)29-23(32)16-7-9-17(10-8-16)24(26,27)28/h1-2,5-12,15,30H,3-4,13-14H2,(H,29,32).